The molecule has 1 heterocycles. The topological polar surface area (TPSA) is 120 Å². The minimum Gasteiger partial charge on any atom is -0.443 e. The fourth-order valence-electron chi connectivity index (χ4n) is 5.24. The van der Waals surface area contributed by atoms with Gasteiger partial charge < -0.3 is 15.4 Å². The molecular formula is C34H45N5O5. The van der Waals surface area contributed by atoms with E-state index in [1.54, 1.807) is 52.1 Å². The van der Waals surface area contributed by atoms with Crippen LogP contribution in [0.5, 0.6) is 0 Å². The SMILES string of the molecule is CN(C(=O)OC(C)(C)C)c1cccc(NC(=O)CN2N=C(C3CCCCC3)c3ccc(CC(=O)C(C)(C)C)cc3NC2=O)c1. The number of hydrogen-bond donors (Lipinski definition) is 2. The number of benzene rings is 2. The standard InChI is InChI=1S/C34H45N5O5/c1-33(2,3)28(40)19-22-16-17-26-27(18-22)36-31(42)39(37-30(26)23-12-9-8-10-13-23)21-29(41)35-24-14-11-15-25(20-24)38(7)32(43)44-34(4,5)6/h11,14-18,20,23H,8-10,12-13,19,21H2,1-7H3,(H,35,41)(H,36,42). The zero-order valence-electron chi connectivity index (χ0n) is 27.0. The maximum absolute atomic E-state index is 13.4. The van der Waals surface area contributed by atoms with Crippen molar-refractivity contribution in [3.63, 3.8) is 0 Å². The summed E-state index contributed by atoms with van der Waals surface area (Å²) in [5.41, 5.74) is 2.89. The first kappa shape index (κ1) is 32.7. The van der Waals surface area contributed by atoms with Gasteiger partial charge in [-0.25, -0.2) is 14.6 Å². The lowest BCUT2D eigenvalue weighted by Gasteiger charge is -2.25. The molecule has 1 aliphatic carbocycles. The molecule has 2 aromatic carbocycles. The summed E-state index contributed by atoms with van der Waals surface area (Å²) in [5, 5.41) is 11.7. The largest absolute Gasteiger partial charge is 0.443 e. The van der Waals surface area contributed by atoms with Crippen molar-refractivity contribution < 1.29 is 23.9 Å². The van der Waals surface area contributed by atoms with E-state index in [4.69, 9.17) is 9.84 Å². The zero-order chi connectivity index (χ0) is 32.2. The van der Waals surface area contributed by atoms with E-state index in [2.05, 4.69) is 10.6 Å². The summed E-state index contributed by atoms with van der Waals surface area (Å²) in [4.78, 5) is 53.3. The highest BCUT2D eigenvalue weighted by atomic mass is 16.6. The number of ketones is 1. The van der Waals surface area contributed by atoms with Gasteiger partial charge in [-0.15, -0.1) is 0 Å². The van der Waals surface area contributed by atoms with Gasteiger partial charge in [0.05, 0.1) is 11.4 Å². The number of Topliss-reactive ketones (excluding diaryl/α,β-unsaturated/α-hetero) is 1. The number of rotatable bonds is 7. The summed E-state index contributed by atoms with van der Waals surface area (Å²) in [6, 6.07) is 12.0. The molecule has 236 valence electrons. The van der Waals surface area contributed by atoms with Gasteiger partial charge in [0.25, 0.3) is 0 Å². The molecule has 0 aromatic heterocycles. The molecule has 44 heavy (non-hydrogen) atoms. The highest BCUT2D eigenvalue weighted by molar-refractivity contribution is 6.11. The van der Waals surface area contributed by atoms with Gasteiger partial charge in [-0.3, -0.25) is 14.5 Å². The monoisotopic (exact) mass is 603 g/mol. The van der Waals surface area contributed by atoms with E-state index in [0.29, 0.717) is 17.1 Å². The summed E-state index contributed by atoms with van der Waals surface area (Å²) < 4.78 is 5.44. The maximum atomic E-state index is 13.4. The summed E-state index contributed by atoms with van der Waals surface area (Å²) in [5.74, 6) is -0.174. The van der Waals surface area contributed by atoms with E-state index >= 15 is 0 Å². The van der Waals surface area contributed by atoms with Crippen LogP contribution in [0.4, 0.5) is 26.7 Å². The molecule has 1 aliphatic heterocycles. The molecular weight excluding hydrogens is 558 g/mol. The number of hydrogen-bond acceptors (Lipinski definition) is 6. The Kier molecular flexibility index (Phi) is 9.81. The minimum absolute atomic E-state index is 0.109. The second-order valence-corrected chi connectivity index (χ2v) is 13.7. The Labute approximate surface area is 260 Å². The van der Waals surface area contributed by atoms with Gasteiger partial charge in [0, 0.05) is 41.7 Å². The lowest BCUT2D eigenvalue weighted by molar-refractivity contribution is -0.125. The first-order valence-corrected chi connectivity index (χ1v) is 15.3. The van der Waals surface area contributed by atoms with Crippen LogP contribution < -0.4 is 15.5 Å². The van der Waals surface area contributed by atoms with Crippen molar-refractivity contribution in [2.75, 3.05) is 29.1 Å². The van der Waals surface area contributed by atoms with Crippen LogP contribution in [0.15, 0.2) is 47.6 Å². The van der Waals surface area contributed by atoms with Gasteiger partial charge in [-0.05, 0) is 63.4 Å². The predicted molar refractivity (Wildman–Crippen MR) is 173 cm³/mol. The summed E-state index contributed by atoms with van der Waals surface area (Å²) in [6.07, 6.45) is 4.97. The van der Waals surface area contributed by atoms with Crippen molar-refractivity contribution in [1.82, 2.24) is 5.01 Å². The molecule has 0 saturated heterocycles. The third-order valence-corrected chi connectivity index (χ3v) is 7.74. The number of amides is 4. The van der Waals surface area contributed by atoms with Gasteiger partial charge in [-0.2, -0.15) is 5.10 Å². The zero-order valence-corrected chi connectivity index (χ0v) is 27.0. The van der Waals surface area contributed by atoms with Crippen LogP contribution in [0.2, 0.25) is 0 Å². The third-order valence-electron chi connectivity index (χ3n) is 7.74. The molecule has 1 saturated carbocycles. The second-order valence-electron chi connectivity index (χ2n) is 13.7. The van der Waals surface area contributed by atoms with E-state index in [9.17, 15) is 19.2 Å². The minimum atomic E-state index is -0.646. The average Bonchev–Trinajstić information content (AvgIpc) is 3.07. The van der Waals surface area contributed by atoms with Crippen molar-refractivity contribution >= 4 is 46.6 Å². The van der Waals surface area contributed by atoms with Crippen molar-refractivity contribution in [2.24, 2.45) is 16.4 Å². The van der Waals surface area contributed by atoms with Crippen molar-refractivity contribution in [3.05, 3.63) is 53.6 Å². The van der Waals surface area contributed by atoms with Gasteiger partial charge in [0.2, 0.25) is 5.91 Å². The number of nitrogens with zero attached hydrogens (tertiary/aromatic N) is 3. The summed E-state index contributed by atoms with van der Waals surface area (Å²) >= 11 is 0. The molecule has 0 unspecified atom stereocenters. The van der Waals surface area contributed by atoms with E-state index in [0.717, 1.165) is 48.9 Å². The first-order valence-electron chi connectivity index (χ1n) is 15.3. The Morgan fingerprint density at radius 1 is 1.02 bits per heavy atom. The van der Waals surface area contributed by atoms with Gasteiger partial charge in [-0.1, -0.05) is 58.2 Å². The summed E-state index contributed by atoms with van der Waals surface area (Å²) in [7, 11) is 1.60. The number of urea groups is 1. The van der Waals surface area contributed by atoms with Crippen LogP contribution in [0, 0.1) is 11.3 Å². The Morgan fingerprint density at radius 2 is 1.73 bits per heavy atom. The number of fused-ring (bicyclic) bond motifs is 1. The fourth-order valence-corrected chi connectivity index (χ4v) is 5.24. The van der Waals surface area contributed by atoms with E-state index in [-0.39, 0.29) is 24.7 Å². The lowest BCUT2D eigenvalue weighted by atomic mass is 9.82. The summed E-state index contributed by atoms with van der Waals surface area (Å²) in [6.45, 7) is 10.8. The molecule has 10 heteroatoms. The third kappa shape index (κ3) is 8.45. The van der Waals surface area contributed by atoms with Crippen LogP contribution in [0.1, 0.15) is 84.8 Å². The molecule has 2 N–H and O–H groups in total. The lowest BCUT2D eigenvalue weighted by Crippen LogP contribution is -2.37. The van der Waals surface area contributed by atoms with Gasteiger partial charge >= 0.3 is 12.1 Å². The van der Waals surface area contributed by atoms with Crippen molar-refractivity contribution in [2.45, 2.75) is 85.7 Å². The van der Waals surface area contributed by atoms with Gasteiger partial charge in [0.1, 0.15) is 17.9 Å². The average molecular weight is 604 g/mol. The molecule has 10 nitrogen and oxygen atoms in total. The molecule has 0 spiro atoms. The van der Waals surface area contributed by atoms with E-state index in [1.165, 1.54) is 9.91 Å². The number of anilines is 3. The van der Waals surface area contributed by atoms with Crippen LogP contribution in [-0.4, -0.2) is 53.7 Å². The van der Waals surface area contributed by atoms with E-state index < -0.39 is 29.0 Å². The maximum Gasteiger partial charge on any atom is 0.414 e. The van der Waals surface area contributed by atoms with Crippen LogP contribution >= 0.6 is 0 Å². The molecule has 0 radical (unpaired) electrons. The van der Waals surface area contributed by atoms with E-state index in [1.807, 2.05) is 39.0 Å². The Morgan fingerprint density at radius 3 is 2.39 bits per heavy atom. The smallest absolute Gasteiger partial charge is 0.414 e. The molecule has 4 rings (SSSR count). The predicted octanol–water partition coefficient (Wildman–Crippen LogP) is 6.99. The highest BCUT2D eigenvalue weighted by Gasteiger charge is 2.30. The van der Waals surface area contributed by atoms with Crippen molar-refractivity contribution in [1.29, 1.82) is 0 Å². The van der Waals surface area contributed by atoms with Crippen LogP contribution in [0.3, 0.4) is 0 Å². The Balaban J connectivity index is 1.54. The molecule has 0 bridgehead atoms. The Bertz CT molecular complexity index is 1450. The number of ether oxygens (including phenoxy) is 1. The van der Waals surface area contributed by atoms with Crippen molar-refractivity contribution in [3.8, 4) is 0 Å². The normalized spacial score (nSPS) is 15.8. The number of carbonyl (C=O) groups is 4. The molecule has 0 atom stereocenters. The van der Waals surface area contributed by atoms with Crippen LogP contribution in [0.25, 0.3) is 0 Å². The highest BCUT2D eigenvalue weighted by Crippen LogP contribution is 2.33. The quantitative estimate of drug-likeness (QED) is 0.354. The number of carbonyl (C=O) groups excluding carboxylic acids is 4. The second kappa shape index (κ2) is 13.2. The number of nitrogens with one attached hydrogen (secondary N) is 2. The Hall–Kier alpha value is -4.21. The molecule has 2 aliphatic rings. The molecule has 4 amide bonds. The molecule has 1 fully saturated rings. The fraction of sp³-hybridized carbons (Fsp3) is 0.500. The van der Waals surface area contributed by atoms with Gasteiger partial charge in [0.15, 0.2) is 0 Å². The van der Waals surface area contributed by atoms with Crippen LogP contribution in [-0.2, 0) is 20.7 Å². The molecule has 2 aromatic rings. The number of hydrazone groups is 1. The first-order chi connectivity index (χ1) is 20.6.